The standard InChI is InChI=1S/C13H18N4O/c1-10-6-11-14-9-15-17(11)12(7-10)16-13(8-18)4-2-3-5-13/h6-7,9,16,18H,2-5,8H2,1H3. The zero-order valence-electron chi connectivity index (χ0n) is 10.6. The van der Waals surface area contributed by atoms with Gasteiger partial charge in [-0.05, 0) is 37.5 Å². The number of fused-ring (bicyclic) bond motifs is 1. The molecule has 0 atom stereocenters. The van der Waals surface area contributed by atoms with Gasteiger partial charge in [-0.15, -0.1) is 0 Å². The van der Waals surface area contributed by atoms with Crippen molar-refractivity contribution in [3.63, 3.8) is 0 Å². The Kier molecular flexibility index (Phi) is 2.70. The minimum atomic E-state index is -0.188. The van der Waals surface area contributed by atoms with Crippen LogP contribution in [0.15, 0.2) is 18.5 Å². The van der Waals surface area contributed by atoms with Crippen LogP contribution in [0.4, 0.5) is 5.82 Å². The zero-order valence-corrected chi connectivity index (χ0v) is 10.6. The zero-order chi connectivity index (χ0) is 12.6. The van der Waals surface area contributed by atoms with Gasteiger partial charge < -0.3 is 10.4 Å². The average Bonchev–Trinajstić information content (AvgIpc) is 2.98. The molecular weight excluding hydrogens is 228 g/mol. The number of anilines is 1. The van der Waals surface area contributed by atoms with Crippen LogP contribution in [0.25, 0.3) is 5.65 Å². The van der Waals surface area contributed by atoms with Crippen LogP contribution in [0.2, 0.25) is 0 Å². The van der Waals surface area contributed by atoms with Gasteiger partial charge in [0.2, 0.25) is 0 Å². The fourth-order valence-corrected chi connectivity index (χ4v) is 2.79. The van der Waals surface area contributed by atoms with E-state index in [1.54, 1.807) is 10.8 Å². The highest BCUT2D eigenvalue weighted by Crippen LogP contribution is 2.32. The van der Waals surface area contributed by atoms with Crippen molar-refractivity contribution in [2.45, 2.75) is 38.1 Å². The van der Waals surface area contributed by atoms with Crippen LogP contribution in [0.1, 0.15) is 31.2 Å². The van der Waals surface area contributed by atoms with E-state index in [1.807, 2.05) is 13.0 Å². The monoisotopic (exact) mass is 246 g/mol. The molecule has 5 heteroatoms. The summed E-state index contributed by atoms with van der Waals surface area (Å²) < 4.78 is 1.79. The number of hydrogen-bond acceptors (Lipinski definition) is 4. The molecule has 0 saturated heterocycles. The number of nitrogens with one attached hydrogen (secondary N) is 1. The first-order chi connectivity index (χ1) is 8.72. The molecule has 1 aliphatic carbocycles. The first-order valence-corrected chi connectivity index (χ1v) is 6.42. The van der Waals surface area contributed by atoms with Crippen molar-refractivity contribution < 1.29 is 5.11 Å². The van der Waals surface area contributed by atoms with Crippen LogP contribution in [-0.2, 0) is 0 Å². The fraction of sp³-hybridized carbons (Fsp3) is 0.538. The Bertz CT molecular complexity index is 557. The van der Waals surface area contributed by atoms with Gasteiger partial charge in [0, 0.05) is 0 Å². The number of pyridine rings is 1. The van der Waals surface area contributed by atoms with Gasteiger partial charge in [-0.2, -0.15) is 9.61 Å². The van der Waals surface area contributed by atoms with Gasteiger partial charge in [-0.25, -0.2) is 4.98 Å². The van der Waals surface area contributed by atoms with E-state index in [1.165, 1.54) is 12.8 Å². The molecule has 1 aliphatic rings. The summed E-state index contributed by atoms with van der Waals surface area (Å²) in [7, 11) is 0. The maximum atomic E-state index is 9.66. The van der Waals surface area contributed by atoms with Crippen LogP contribution < -0.4 is 5.32 Å². The predicted octanol–water partition coefficient (Wildman–Crippen LogP) is 1.75. The van der Waals surface area contributed by atoms with Crippen LogP contribution in [-0.4, -0.2) is 31.9 Å². The summed E-state index contributed by atoms with van der Waals surface area (Å²) in [6.07, 6.45) is 5.90. The molecule has 2 N–H and O–H groups in total. The second-order valence-electron chi connectivity index (χ2n) is 5.22. The van der Waals surface area contributed by atoms with Crippen LogP contribution in [0.5, 0.6) is 0 Å². The molecule has 3 rings (SSSR count). The Morgan fingerprint density at radius 1 is 1.39 bits per heavy atom. The number of aryl methyl sites for hydroxylation is 1. The Hall–Kier alpha value is -1.62. The Morgan fingerprint density at radius 2 is 2.17 bits per heavy atom. The molecule has 2 heterocycles. The Balaban J connectivity index is 2.01. The molecule has 2 aromatic rings. The topological polar surface area (TPSA) is 62.5 Å². The number of aliphatic hydroxyl groups excluding tert-OH is 1. The maximum absolute atomic E-state index is 9.66. The summed E-state index contributed by atoms with van der Waals surface area (Å²) in [5.74, 6) is 0.915. The highest BCUT2D eigenvalue weighted by atomic mass is 16.3. The second kappa shape index (κ2) is 4.24. The van der Waals surface area contributed by atoms with E-state index in [9.17, 15) is 5.11 Å². The Labute approximate surface area is 106 Å². The van der Waals surface area contributed by atoms with Gasteiger partial charge in [-0.3, -0.25) is 0 Å². The fourth-order valence-electron chi connectivity index (χ4n) is 2.79. The van der Waals surface area contributed by atoms with E-state index in [0.717, 1.165) is 29.9 Å². The van der Waals surface area contributed by atoms with Crippen molar-refractivity contribution in [3.05, 3.63) is 24.0 Å². The van der Waals surface area contributed by atoms with E-state index >= 15 is 0 Å². The quantitative estimate of drug-likeness (QED) is 0.866. The number of nitrogens with zero attached hydrogens (tertiary/aromatic N) is 3. The predicted molar refractivity (Wildman–Crippen MR) is 69.6 cm³/mol. The van der Waals surface area contributed by atoms with Crippen molar-refractivity contribution in [1.82, 2.24) is 14.6 Å². The van der Waals surface area contributed by atoms with Crippen LogP contribution in [0.3, 0.4) is 0 Å². The van der Waals surface area contributed by atoms with Crippen molar-refractivity contribution >= 4 is 11.5 Å². The molecule has 2 aromatic heterocycles. The van der Waals surface area contributed by atoms with E-state index in [-0.39, 0.29) is 12.1 Å². The molecule has 0 bridgehead atoms. The van der Waals surface area contributed by atoms with Gasteiger partial charge in [-0.1, -0.05) is 12.8 Å². The van der Waals surface area contributed by atoms with E-state index < -0.39 is 0 Å². The third kappa shape index (κ3) is 1.84. The minimum Gasteiger partial charge on any atom is -0.394 e. The maximum Gasteiger partial charge on any atom is 0.157 e. The van der Waals surface area contributed by atoms with Crippen molar-refractivity contribution in [2.24, 2.45) is 0 Å². The molecule has 96 valence electrons. The molecule has 1 saturated carbocycles. The highest BCUT2D eigenvalue weighted by Gasteiger charge is 2.33. The van der Waals surface area contributed by atoms with Crippen molar-refractivity contribution in [3.8, 4) is 0 Å². The summed E-state index contributed by atoms with van der Waals surface area (Å²) >= 11 is 0. The van der Waals surface area contributed by atoms with E-state index in [2.05, 4.69) is 21.5 Å². The number of aromatic nitrogens is 3. The summed E-state index contributed by atoms with van der Waals surface area (Å²) in [4.78, 5) is 4.21. The number of hydrogen-bond donors (Lipinski definition) is 2. The molecular formula is C13H18N4O. The lowest BCUT2D eigenvalue weighted by atomic mass is 9.99. The third-order valence-electron chi connectivity index (χ3n) is 3.78. The molecule has 0 spiro atoms. The normalized spacial score (nSPS) is 18.3. The SMILES string of the molecule is Cc1cc(NC2(CO)CCCC2)n2ncnc2c1. The number of aliphatic hydroxyl groups is 1. The Morgan fingerprint density at radius 3 is 2.89 bits per heavy atom. The molecule has 0 aliphatic heterocycles. The van der Waals surface area contributed by atoms with Gasteiger partial charge >= 0.3 is 0 Å². The lowest BCUT2D eigenvalue weighted by molar-refractivity contribution is 0.213. The molecule has 0 radical (unpaired) electrons. The highest BCUT2D eigenvalue weighted by molar-refractivity contribution is 5.52. The van der Waals surface area contributed by atoms with Gasteiger partial charge in [0.1, 0.15) is 12.1 Å². The first kappa shape index (κ1) is 11.5. The summed E-state index contributed by atoms with van der Waals surface area (Å²) in [5, 5.41) is 17.4. The van der Waals surface area contributed by atoms with Gasteiger partial charge in [0.15, 0.2) is 5.65 Å². The lowest BCUT2D eigenvalue weighted by Gasteiger charge is -2.29. The molecule has 18 heavy (non-hydrogen) atoms. The average molecular weight is 246 g/mol. The summed E-state index contributed by atoms with van der Waals surface area (Å²) in [5.41, 5.74) is 1.79. The molecule has 5 nitrogen and oxygen atoms in total. The molecule has 0 amide bonds. The molecule has 0 unspecified atom stereocenters. The smallest absolute Gasteiger partial charge is 0.157 e. The van der Waals surface area contributed by atoms with Crippen molar-refractivity contribution in [2.75, 3.05) is 11.9 Å². The van der Waals surface area contributed by atoms with E-state index in [4.69, 9.17) is 0 Å². The third-order valence-corrected chi connectivity index (χ3v) is 3.78. The van der Waals surface area contributed by atoms with Crippen molar-refractivity contribution in [1.29, 1.82) is 0 Å². The van der Waals surface area contributed by atoms with Crippen LogP contribution in [0, 0.1) is 6.92 Å². The summed E-state index contributed by atoms with van der Waals surface area (Å²) in [6, 6.07) is 4.05. The van der Waals surface area contributed by atoms with Gasteiger partial charge in [0.05, 0.1) is 12.1 Å². The largest absolute Gasteiger partial charge is 0.394 e. The lowest BCUT2D eigenvalue weighted by Crippen LogP contribution is -2.39. The van der Waals surface area contributed by atoms with Gasteiger partial charge in [0.25, 0.3) is 0 Å². The second-order valence-corrected chi connectivity index (χ2v) is 5.22. The minimum absolute atomic E-state index is 0.164. The van der Waals surface area contributed by atoms with E-state index in [0.29, 0.717) is 0 Å². The number of rotatable bonds is 3. The summed E-state index contributed by atoms with van der Waals surface area (Å²) in [6.45, 7) is 2.21. The molecule has 0 aromatic carbocycles. The molecule has 1 fully saturated rings. The first-order valence-electron chi connectivity index (χ1n) is 6.42. The van der Waals surface area contributed by atoms with Crippen LogP contribution >= 0.6 is 0 Å².